The van der Waals surface area contributed by atoms with E-state index < -0.39 is 0 Å². The van der Waals surface area contributed by atoms with Crippen LogP contribution >= 0.6 is 0 Å². The van der Waals surface area contributed by atoms with Crippen LogP contribution in [0.2, 0.25) is 0 Å². The predicted molar refractivity (Wildman–Crippen MR) is 175 cm³/mol. The van der Waals surface area contributed by atoms with Crippen molar-refractivity contribution in [2.45, 2.75) is 25.7 Å². The molecule has 1 amide bonds. The zero-order valence-electron chi connectivity index (χ0n) is 25.2. The third-order valence-corrected chi connectivity index (χ3v) is 9.43. The summed E-state index contributed by atoms with van der Waals surface area (Å²) < 4.78 is 6.10. The Hall–Kier alpha value is -4.69. The highest BCUT2D eigenvalue weighted by Gasteiger charge is 2.30. The number of hydrogen-bond donors (Lipinski definition) is 1. The molecule has 44 heavy (non-hydrogen) atoms. The molecule has 2 aromatic heterocycles. The third-order valence-electron chi connectivity index (χ3n) is 9.43. The number of hydrogen-bond acceptors (Lipinski definition) is 6. The molecule has 0 radical (unpaired) electrons. The summed E-state index contributed by atoms with van der Waals surface area (Å²) in [5.41, 5.74) is 9.74. The van der Waals surface area contributed by atoms with Crippen LogP contribution in [0.25, 0.3) is 33.5 Å². The molecule has 1 aliphatic carbocycles. The Morgan fingerprint density at radius 3 is 2.50 bits per heavy atom. The standard InChI is InChI=1S/C36H36N6O2/c1-23-28(4-3-5-32(23)42-18-19-44-33-20-26(24-6-7-24)10-13-29(33)36(42)43)34-30-21-31(39-35(30)38-22-37-34)25-8-11-27(12-9-25)41-16-14-40(2)15-17-41/h3-5,8-13,20-22,24H,6-7,14-19H2,1-2H3,(H,37,38,39). The van der Waals surface area contributed by atoms with Crippen LogP contribution in [0, 0.1) is 6.92 Å². The maximum Gasteiger partial charge on any atom is 0.262 e. The fraction of sp³-hybridized carbons (Fsp3) is 0.306. The minimum Gasteiger partial charge on any atom is -0.491 e. The molecule has 0 unspecified atom stereocenters. The zero-order valence-corrected chi connectivity index (χ0v) is 25.2. The van der Waals surface area contributed by atoms with Crippen LogP contribution in [0.15, 0.2) is 73.1 Å². The van der Waals surface area contributed by atoms with Gasteiger partial charge in [-0.2, -0.15) is 0 Å². The van der Waals surface area contributed by atoms with Gasteiger partial charge in [-0.15, -0.1) is 0 Å². The van der Waals surface area contributed by atoms with E-state index in [4.69, 9.17) is 9.72 Å². The summed E-state index contributed by atoms with van der Waals surface area (Å²) in [4.78, 5) is 33.4. The highest BCUT2D eigenvalue weighted by molar-refractivity contribution is 6.09. The van der Waals surface area contributed by atoms with Crippen LogP contribution in [0.4, 0.5) is 11.4 Å². The summed E-state index contributed by atoms with van der Waals surface area (Å²) in [7, 11) is 2.18. The SMILES string of the molecule is Cc1c(-c2ncnc3[nH]c(-c4ccc(N5CCN(C)CC5)cc4)cc23)cccc1N1CCOc2cc(C3CC3)ccc2C1=O. The van der Waals surface area contributed by atoms with Gasteiger partial charge in [-0.1, -0.05) is 30.3 Å². The van der Waals surface area contributed by atoms with Crippen LogP contribution in [0.3, 0.4) is 0 Å². The number of piperazine rings is 1. The molecule has 1 N–H and O–H groups in total. The van der Waals surface area contributed by atoms with E-state index in [9.17, 15) is 4.79 Å². The van der Waals surface area contributed by atoms with E-state index in [0.29, 0.717) is 30.4 Å². The van der Waals surface area contributed by atoms with E-state index in [0.717, 1.165) is 71.0 Å². The first-order valence-electron chi connectivity index (χ1n) is 15.6. The monoisotopic (exact) mass is 584 g/mol. The number of ether oxygens (including phenoxy) is 1. The molecule has 222 valence electrons. The van der Waals surface area contributed by atoms with Crippen molar-refractivity contribution in [1.82, 2.24) is 19.9 Å². The Balaban J connectivity index is 1.11. The first kappa shape index (κ1) is 26.9. The number of aromatic nitrogens is 3. The van der Waals surface area contributed by atoms with Crippen molar-refractivity contribution >= 4 is 28.3 Å². The van der Waals surface area contributed by atoms with Crippen molar-refractivity contribution in [3.8, 4) is 28.3 Å². The highest BCUT2D eigenvalue weighted by atomic mass is 16.5. The lowest BCUT2D eigenvalue weighted by molar-refractivity contribution is 0.0989. The topological polar surface area (TPSA) is 77.6 Å². The molecule has 2 fully saturated rings. The molecule has 5 aromatic rings. The van der Waals surface area contributed by atoms with Gasteiger partial charge in [-0.05, 0) is 85.8 Å². The molecular weight excluding hydrogens is 548 g/mol. The van der Waals surface area contributed by atoms with Crippen LogP contribution in [0.1, 0.15) is 40.2 Å². The van der Waals surface area contributed by atoms with Crippen molar-refractivity contribution in [3.63, 3.8) is 0 Å². The van der Waals surface area contributed by atoms with Gasteiger partial charge >= 0.3 is 0 Å². The molecule has 0 bridgehead atoms. The second kappa shape index (κ2) is 10.8. The van der Waals surface area contributed by atoms with E-state index in [2.05, 4.69) is 82.3 Å². The molecule has 8 heteroatoms. The maximum atomic E-state index is 13.9. The average Bonchev–Trinajstić information content (AvgIpc) is 3.83. The Kier molecular flexibility index (Phi) is 6.60. The summed E-state index contributed by atoms with van der Waals surface area (Å²) in [6.07, 6.45) is 4.04. The number of benzene rings is 3. The normalized spacial score (nSPS) is 17.5. The Morgan fingerprint density at radius 2 is 1.70 bits per heavy atom. The molecule has 4 heterocycles. The molecule has 8 nitrogen and oxygen atoms in total. The fourth-order valence-electron chi connectivity index (χ4n) is 6.63. The zero-order chi connectivity index (χ0) is 29.8. The van der Waals surface area contributed by atoms with Crippen molar-refractivity contribution in [1.29, 1.82) is 0 Å². The molecule has 2 aliphatic heterocycles. The highest BCUT2D eigenvalue weighted by Crippen LogP contribution is 2.42. The second-order valence-electron chi connectivity index (χ2n) is 12.3. The summed E-state index contributed by atoms with van der Waals surface area (Å²) >= 11 is 0. The molecular formula is C36H36N6O2. The van der Waals surface area contributed by atoms with Gasteiger partial charge in [0.1, 0.15) is 24.3 Å². The Morgan fingerprint density at radius 1 is 0.886 bits per heavy atom. The summed E-state index contributed by atoms with van der Waals surface area (Å²) in [6, 6.07) is 23.1. The number of rotatable bonds is 5. The lowest BCUT2D eigenvalue weighted by atomic mass is 10.00. The molecule has 3 aliphatic rings. The van der Waals surface area contributed by atoms with Gasteiger partial charge in [-0.3, -0.25) is 4.79 Å². The number of carbonyl (C=O) groups is 1. The summed E-state index contributed by atoms with van der Waals surface area (Å²) in [5.74, 6) is 1.28. The average molecular weight is 585 g/mol. The number of carbonyl (C=O) groups excluding carboxylic acids is 1. The predicted octanol–water partition coefficient (Wildman–Crippen LogP) is 6.27. The van der Waals surface area contributed by atoms with E-state index in [1.54, 1.807) is 6.33 Å². The number of H-pyrrole nitrogens is 1. The van der Waals surface area contributed by atoms with Crippen LogP contribution in [-0.4, -0.2) is 72.1 Å². The smallest absolute Gasteiger partial charge is 0.262 e. The van der Waals surface area contributed by atoms with E-state index in [-0.39, 0.29) is 5.91 Å². The Labute approximate surface area is 257 Å². The summed E-state index contributed by atoms with van der Waals surface area (Å²) in [5, 5.41) is 0.953. The van der Waals surface area contributed by atoms with Gasteiger partial charge in [0.2, 0.25) is 0 Å². The minimum absolute atomic E-state index is 0.0307. The number of anilines is 2. The fourth-order valence-corrected chi connectivity index (χ4v) is 6.63. The largest absolute Gasteiger partial charge is 0.491 e. The first-order chi connectivity index (χ1) is 21.5. The number of nitrogens with zero attached hydrogens (tertiary/aromatic N) is 5. The number of likely N-dealkylation sites (N-methyl/N-ethyl adjacent to an activating group) is 1. The van der Waals surface area contributed by atoms with E-state index in [1.165, 1.54) is 24.1 Å². The van der Waals surface area contributed by atoms with Crippen molar-refractivity contribution in [2.75, 3.05) is 56.2 Å². The summed E-state index contributed by atoms with van der Waals surface area (Å²) in [6.45, 7) is 7.25. The Bertz CT molecular complexity index is 1870. The van der Waals surface area contributed by atoms with Crippen molar-refractivity contribution < 1.29 is 9.53 Å². The molecule has 1 saturated carbocycles. The van der Waals surface area contributed by atoms with Crippen LogP contribution in [-0.2, 0) is 0 Å². The molecule has 0 atom stereocenters. The number of fused-ring (bicyclic) bond motifs is 2. The van der Waals surface area contributed by atoms with Crippen molar-refractivity contribution in [3.05, 3.63) is 89.7 Å². The number of aromatic amines is 1. The lowest BCUT2D eigenvalue weighted by Crippen LogP contribution is -2.44. The molecule has 8 rings (SSSR count). The van der Waals surface area contributed by atoms with Gasteiger partial charge in [0.25, 0.3) is 5.91 Å². The number of nitrogens with one attached hydrogen (secondary N) is 1. The minimum atomic E-state index is -0.0307. The van der Waals surface area contributed by atoms with Gasteiger partial charge in [0.05, 0.1) is 17.8 Å². The first-order valence-corrected chi connectivity index (χ1v) is 15.6. The maximum absolute atomic E-state index is 13.9. The van der Waals surface area contributed by atoms with Gasteiger partial charge < -0.3 is 24.4 Å². The van der Waals surface area contributed by atoms with E-state index >= 15 is 0 Å². The second-order valence-corrected chi connectivity index (χ2v) is 12.3. The van der Waals surface area contributed by atoms with Crippen LogP contribution < -0.4 is 14.5 Å². The number of amides is 1. The molecule has 0 spiro atoms. The molecule has 1 saturated heterocycles. The van der Waals surface area contributed by atoms with Crippen molar-refractivity contribution in [2.24, 2.45) is 0 Å². The van der Waals surface area contributed by atoms with Crippen LogP contribution in [0.5, 0.6) is 5.75 Å². The van der Waals surface area contributed by atoms with E-state index in [1.807, 2.05) is 23.1 Å². The van der Waals surface area contributed by atoms with Gasteiger partial charge in [0.15, 0.2) is 0 Å². The third kappa shape index (κ3) is 4.79. The lowest BCUT2D eigenvalue weighted by Gasteiger charge is -2.34. The van der Waals surface area contributed by atoms with Gasteiger partial charge in [0, 0.05) is 54.2 Å². The molecule has 3 aromatic carbocycles. The quantitative estimate of drug-likeness (QED) is 0.263. The van der Waals surface area contributed by atoms with Gasteiger partial charge in [-0.25, -0.2) is 9.97 Å².